The predicted molar refractivity (Wildman–Crippen MR) is 54.6 cm³/mol. The molecule has 0 saturated carbocycles. The maximum Gasteiger partial charge on any atom is 0.339 e. The third-order valence-electron chi connectivity index (χ3n) is 1.76. The van der Waals surface area contributed by atoms with Crippen molar-refractivity contribution in [3.05, 3.63) is 29.3 Å². The van der Waals surface area contributed by atoms with E-state index in [1.165, 1.54) is 18.2 Å². The van der Waals surface area contributed by atoms with Crippen molar-refractivity contribution < 1.29 is 19.4 Å². The minimum atomic E-state index is -1.10. The van der Waals surface area contributed by atoms with Crippen LogP contribution in [0.25, 0.3) is 0 Å². The molecule has 0 aromatic heterocycles. The lowest BCUT2D eigenvalue weighted by Gasteiger charge is -2.13. The zero-order valence-corrected chi connectivity index (χ0v) is 8.56. The molecule has 1 rings (SSSR count). The number of carboxylic acid groups (broad SMARTS) is 1. The average molecular weight is 208 g/mol. The molecule has 15 heavy (non-hydrogen) atoms. The molecule has 0 saturated heterocycles. The van der Waals surface area contributed by atoms with E-state index in [1.54, 1.807) is 13.8 Å². The van der Waals surface area contributed by atoms with Crippen LogP contribution in [0.5, 0.6) is 5.75 Å². The first-order valence-corrected chi connectivity index (χ1v) is 4.54. The molecular weight excluding hydrogens is 196 g/mol. The van der Waals surface area contributed by atoms with Crippen molar-refractivity contribution in [3.63, 3.8) is 0 Å². The first-order chi connectivity index (χ1) is 7.06. The molecule has 0 aliphatic heterocycles. The number of carboxylic acids is 1. The average Bonchev–Trinajstić information content (AvgIpc) is 2.16. The quantitative estimate of drug-likeness (QED) is 0.768. The molecule has 0 amide bonds. The summed E-state index contributed by atoms with van der Waals surface area (Å²) in [6, 6.07) is 4.45. The van der Waals surface area contributed by atoms with Crippen LogP contribution in [-0.2, 0) is 0 Å². The Bertz CT molecular complexity index is 382. The molecule has 1 N–H and O–H groups in total. The van der Waals surface area contributed by atoms with Gasteiger partial charge in [0.1, 0.15) is 11.3 Å². The van der Waals surface area contributed by atoms with Crippen molar-refractivity contribution in [1.29, 1.82) is 0 Å². The summed E-state index contributed by atoms with van der Waals surface area (Å²) in [5.41, 5.74) is 0.261. The molecule has 4 heteroatoms. The smallest absolute Gasteiger partial charge is 0.339 e. The third kappa shape index (κ3) is 2.56. The van der Waals surface area contributed by atoms with E-state index in [9.17, 15) is 9.59 Å². The minimum absolute atomic E-state index is 0.00769. The fourth-order valence-corrected chi connectivity index (χ4v) is 1.18. The molecule has 0 fully saturated rings. The Morgan fingerprint density at radius 3 is 2.60 bits per heavy atom. The van der Waals surface area contributed by atoms with E-state index in [0.29, 0.717) is 6.29 Å². The van der Waals surface area contributed by atoms with Gasteiger partial charge >= 0.3 is 5.97 Å². The number of hydrogen-bond acceptors (Lipinski definition) is 3. The summed E-state index contributed by atoms with van der Waals surface area (Å²) in [5.74, 6) is -0.968. The standard InChI is InChI=1S/C11H12O4/c1-7(2)15-10-8(6-12)4-3-5-9(10)11(13)14/h3-7H,1-2H3,(H,13,14). The largest absolute Gasteiger partial charge is 0.489 e. The number of aromatic carboxylic acids is 1. The summed E-state index contributed by atoms with van der Waals surface area (Å²) in [6.07, 6.45) is 0.411. The molecule has 1 aromatic rings. The van der Waals surface area contributed by atoms with E-state index in [-0.39, 0.29) is 23.0 Å². The van der Waals surface area contributed by atoms with Gasteiger partial charge < -0.3 is 9.84 Å². The van der Waals surface area contributed by atoms with Crippen LogP contribution >= 0.6 is 0 Å². The minimum Gasteiger partial charge on any atom is -0.489 e. The van der Waals surface area contributed by atoms with E-state index in [1.807, 2.05) is 0 Å². The Balaban J connectivity index is 3.26. The number of benzene rings is 1. The normalized spacial score (nSPS) is 10.1. The van der Waals surface area contributed by atoms with Crippen LogP contribution < -0.4 is 4.74 Å². The second-order valence-electron chi connectivity index (χ2n) is 3.31. The molecule has 0 atom stereocenters. The van der Waals surface area contributed by atoms with Gasteiger partial charge in [0.25, 0.3) is 0 Å². The van der Waals surface area contributed by atoms with Crippen LogP contribution in [0.15, 0.2) is 18.2 Å². The third-order valence-corrected chi connectivity index (χ3v) is 1.76. The molecule has 0 radical (unpaired) electrons. The van der Waals surface area contributed by atoms with Gasteiger partial charge in [-0.15, -0.1) is 0 Å². The van der Waals surface area contributed by atoms with E-state index in [4.69, 9.17) is 9.84 Å². The van der Waals surface area contributed by atoms with E-state index in [2.05, 4.69) is 0 Å². The molecular formula is C11H12O4. The van der Waals surface area contributed by atoms with Crippen molar-refractivity contribution in [3.8, 4) is 5.75 Å². The number of aldehydes is 1. The molecule has 80 valence electrons. The fourth-order valence-electron chi connectivity index (χ4n) is 1.18. The van der Waals surface area contributed by atoms with Crippen molar-refractivity contribution in [1.82, 2.24) is 0 Å². The summed E-state index contributed by atoms with van der Waals surface area (Å²) in [4.78, 5) is 21.6. The Kier molecular flexibility index (Phi) is 3.44. The molecule has 0 spiro atoms. The van der Waals surface area contributed by atoms with Gasteiger partial charge in [-0.2, -0.15) is 0 Å². The molecule has 1 aromatic carbocycles. The molecule has 0 aliphatic carbocycles. The van der Waals surface area contributed by atoms with E-state index in [0.717, 1.165) is 0 Å². The van der Waals surface area contributed by atoms with Gasteiger partial charge in [-0.3, -0.25) is 4.79 Å². The van der Waals surface area contributed by atoms with Gasteiger partial charge in [0, 0.05) is 0 Å². The second-order valence-corrected chi connectivity index (χ2v) is 3.31. The highest BCUT2D eigenvalue weighted by Gasteiger charge is 2.15. The van der Waals surface area contributed by atoms with Crippen molar-refractivity contribution in [2.75, 3.05) is 0 Å². The number of carbonyl (C=O) groups is 2. The highest BCUT2D eigenvalue weighted by Crippen LogP contribution is 2.23. The highest BCUT2D eigenvalue weighted by atomic mass is 16.5. The Morgan fingerprint density at radius 1 is 1.47 bits per heavy atom. The molecule has 0 bridgehead atoms. The summed E-state index contributed by atoms with van der Waals surface area (Å²) >= 11 is 0. The van der Waals surface area contributed by atoms with Gasteiger partial charge in [0.05, 0.1) is 11.7 Å². The number of para-hydroxylation sites is 1. The van der Waals surface area contributed by atoms with Gasteiger partial charge in [0.15, 0.2) is 6.29 Å². The molecule has 0 heterocycles. The predicted octanol–water partition coefficient (Wildman–Crippen LogP) is 1.98. The molecule has 4 nitrogen and oxygen atoms in total. The zero-order valence-electron chi connectivity index (χ0n) is 8.56. The fraction of sp³-hybridized carbons (Fsp3) is 0.273. The van der Waals surface area contributed by atoms with Gasteiger partial charge in [-0.05, 0) is 26.0 Å². The lowest BCUT2D eigenvalue weighted by Crippen LogP contribution is -2.11. The van der Waals surface area contributed by atoms with Crippen LogP contribution in [0.1, 0.15) is 34.6 Å². The van der Waals surface area contributed by atoms with Crippen molar-refractivity contribution >= 4 is 12.3 Å². The van der Waals surface area contributed by atoms with Crippen LogP contribution in [0.2, 0.25) is 0 Å². The van der Waals surface area contributed by atoms with E-state index >= 15 is 0 Å². The van der Waals surface area contributed by atoms with Crippen LogP contribution in [-0.4, -0.2) is 23.5 Å². The Morgan fingerprint density at radius 2 is 2.13 bits per heavy atom. The monoisotopic (exact) mass is 208 g/mol. The summed E-state index contributed by atoms with van der Waals surface area (Å²) in [7, 11) is 0. The zero-order chi connectivity index (χ0) is 11.4. The summed E-state index contributed by atoms with van der Waals surface area (Å²) < 4.78 is 5.32. The SMILES string of the molecule is CC(C)Oc1c(C=O)cccc1C(=O)O. The second kappa shape index (κ2) is 4.59. The van der Waals surface area contributed by atoms with Crippen LogP contribution in [0, 0.1) is 0 Å². The van der Waals surface area contributed by atoms with Gasteiger partial charge in [-0.25, -0.2) is 4.79 Å². The number of hydrogen-bond donors (Lipinski definition) is 1. The van der Waals surface area contributed by atoms with Gasteiger partial charge in [-0.1, -0.05) is 6.07 Å². The Hall–Kier alpha value is -1.84. The topological polar surface area (TPSA) is 63.6 Å². The summed E-state index contributed by atoms with van der Waals surface area (Å²) in [6.45, 7) is 3.54. The first kappa shape index (κ1) is 11.2. The van der Waals surface area contributed by atoms with Gasteiger partial charge in [0.2, 0.25) is 0 Å². The maximum atomic E-state index is 10.9. The van der Waals surface area contributed by atoms with Crippen LogP contribution in [0.3, 0.4) is 0 Å². The van der Waals surface area contributed by atoms with Crippen molar-refractivity contribution in [2.24, 2.45) is 0 Å². The number of carbonyl (C=O) groups excluding carboxylic acids is 1. The first-order valence-electron chi connectivity index (χ1n) is 4.54. The van der Waals surface area contributed by atoms with E-state index < -0.39 is 5.97 Å². The van der Waals surface area contributed by atoms with Crippen LogP contribution in [0.4, 0.5) is 0 Å². The number of ether oxygens (including phenoxy) is 1. The Labute approximate surface area is 87.5 Å². The maximum absolute atomic E-state index is 10.9. The number of rotatable bonds is 4. The lowest BCUT2D eigenvalue weighted by atomic mass is 10.1. The highest BCUT2D eigenvalue weighted by molar-refractivity contribution is 5.95. The lowest BCUT2D eigenvalue weighted by molar-refractivity contribution is 0.0690. The van der Waals surface area contributed by atoms with Crippen molar-refractivity contribution in [2.45, 2.75) is 20.0 Å². The molecule has 0 unspecified atom stereocenters. The molecule has 0 aliphatic rings. The summed E-state index contributed by atoms with van der Waals surface area (Å²) in [5, 5.41) is 8.90.